The molecule has 96 valence electrons. The van der Waals surface area contributed by atoms with Crippen molar-refractivity contribution in [2.24, 2.45) is 0 Å². The Morgan fingerprint density at radius 1 is 1.28 bits per heavy atom. The molecule has 0 atom stereocenters. The first kappa shape index (κ1) is 12.7. The van der Waals surface area contributed by atoms with E-state index in [1.54, 1.807) is 6.07 Å². The van der Waals surface area contributed by atoms with Crippen LogP contribution in [0.25, 0.3) is 0 Å². The third-order valence-corrected chi connectivity index (χ3v) is 2.96. The zero-order valence-electron chi connectivity index (χ0n) is 9.32. The molecule has 0 radical (unpaired) electrons. The van der Waals surface area contributed by atoms with Gasteiger partial charge >= 0.3 is 6.18 Å². The number of nitrogens with zero attached hydrogens (tertiary/aromatic N) is 3. The molecule has 0 aliphatic carbocycles. The van der Waals surface area contributed by atoms with Crippen LogP contribution in [0.15, 0.2) is 18.2 Å². The van der Waals surface area contributed by atoms with Crippen LogP contribution >= 0.6 is 11.3 Å². The van der Waals surface area contributed by atoms with Crippen LogP contribution in [0.1, 0.15) is 16.4 Å². The van der Waals surface area contributed by atoms with Crippen LogP contribution < -0.4 is 5.32 Å². The summed E-state index contributed by atoms with van der Waals surface area (Å²) in [6, 6.07) is 5.46. The van der Waals surface area contributed by atoms with Gasteiger partial charge in [-0.15, -0.1) is 10.2 Å². The minimum absolute atomic E-state index is 0.130. The summed E-state index contributed by atoms with van der Waals surface area (Å²) in [7, 11) is 0. The zero-order chi connectivity index (χ0) is 13.2. The van der Waals surface area contributed by atoms with Crippen molar-refractivity contribution in [1.82, 2.24) is 15.2 Å². The number of alkyl halides is 3. The molecule has 4 nitrogen and oxygen atoms in total. The Kier molecular flexibility index (Phi) is 3.46. The summed E-state index contributed by atoms with van der Waals surface area (Å²) >= 11 is 0.477. The number of anilines is 1. The third kappa shape index (κ3) is 3.16. The Balaban J connectivity index is 2.01. The smallest absolute Gasteiger partial charge is 0.354 e. The molecule has 2 aromatic rings. The highest BCUT2D eigenvalue weighted by molar-refractivity contribution is 7.15. The molecule has 0 unspecified atom stereocenters. The minimum atomic E-state index is -4.45. The van der Waals surface area contributed by atoms with E-state index in [1.807, 2.05) is 19.1 Å². The molecule has 0 bridgehead atoms. The summed E-state index contributed by atoms with van der Waals surface area (Å²) in [5, 5.41) is 8.44. The van der Waals surface area contributed by atoms with Gasteiger partial charge in [-0.3, -0.25) is 4.98 Å². The maximum Gasteiger partial charge on any atom is 0.445 e. The Bertz CT molecular complexity index is 538. The molecule has 0 spiro atoms. The minimum Gasteiger partial charge on any atom is -0.354 e. The fraction of sp³-hybridized carbons (Fsp3) is 0.300. The van der Waals surface area contributed by atoms with Crippen LogP contribution in [0.4, 0.5) is 18.3 Å². The second-order valence-corrected chi connectivity index (χ2v) is 4.51. The van der Waals surface area contributed by atoms with Crippen molar-refractivity contribution in [3.8, 4) is 0 Å². The summed E-state index contributed by atoms with van der Waals surface area (Å²) in [4.78, 5) is 4.22. The molecule has 0 saturated heterocycles. The Morgan fingerprint density at radius 2 is 2.06 bits per heavy atom. The lowest BCUT2D eigenvalue weighted by Crippen LogP contribution is -2.03. The first-order chi connectivity index (χ1) is 8.45. The summed E-state index contributed by atoms with van der Waals surface area (Å²) in [6.07, 6.45) is -4.45. The summed E-state index contributed by atoms with van der Waals surface area (Å²) in [5.74, 6) is 0. The van der Waals surface area contributed by atoms with E-state index >= 15 is 0 Å². The molecule has 0 amide bonds. The fourth-order valence-corrected chi connectivity index (χ4v) is 1.88. The van der Waals surface area contributed by atoms with E-state index in [0.717, 1.165) is 11.4 Å². The lowest BCUT2D eigenvalue weighted by Gasteiger charge is -2.02. The first-order valence-corrected chi connectivity index (χ1v) is 5.84. The van der Waals surface area contributed by atoms with Gasteiger partial charge < -0.3 is 5.32 Å². The number of hydrogen-bond donors (Lipinski definition) is 1. The second kappa shape index (κ2) is 4.89. The van der Waals surface area contributed by atoms with Crippen molar-refractivity contribution in [2.45, 2.75) is 19.6 Å². The van der Waals surface area contributed by atoms with Crippen LogP contribution in [0.3, 0.4) is 0 Å². The quantitative estimate of drug-likeness (QED) is 0.935. The van der Waals surface area contributed by atoms with Crippen molar-refractivity contribution in [3.05, 3.63) is 34.6 Å². The molecule has 1 N–H and O–H groups in total. The van der Waals surface area contributed by atoms with E-state index in [-0.39, 0.29) is 5.13 Å². The van der Waals surface area contributed by atoms with Crippen LogP contribution in [0.5, 0.6) is 0 Å². The number of hydrogen-bond acceptors (Lipinski definition) is 5. The molecule has 8 heteroatoms. The second-order valence-electron chi connectivity index (χ2n) is 3.53. The molecule has 0 aliphatic heterocycles. The maximum atomic E-state index is 12.3. The molecular weight excluding hydrogens is 265 g/mol. The lowest BCUT2D eigenvalue weighted by atomic mass is 10.3. The van der Waals surface area contributed by atoms with Crippen LogP contribution in [-0.2, 0) is 12.7 Å². The molecular formula is C10H9F3N4S. The van der Waals surface area contributed by atoms with Gasteiger partial charge in [0.25, 0.3) is 0 Å². The molecule has 0 fully saturated rings. The largest absolute Gasteiger partial charge is 0.445 e. The number of aryl methyl sites for hydroxylation is 1. The zero-order valence-corrected chi connectivity index (χ0v) is 10.1. The van der Waals surface area contributed by atoms with Crippen molar-refractivity contribution in [2.75, 3.05) is 5.32 Å². The molecule has 2 aromatic heterocycles. The van der Waals surface area contributed by atoms with Gasteiger partial charge in [0.2, 0.25) is 10.1 Å². The van der Waals surface area contributed by atoms with E-state index in [0.29, 0.717) is 17.9 Å². The Labute approximate surface area is 105 Å². The van der Waals surface area contributed by atoms with Gasteiger partial charge in [-0.25, -0.2) is 0 Å². The highest BCUT2D eigenvalue weighted by atomic mass is 32.1. The molecule has 18 heavy (non-hydrogen) atoms. The van der Waals surface area contributed by atoms with Gasteiger partial charge in [-0.1, -0.05) is 17.4 Å². The molecule has 2 heterocycles. The normalized spacial score (nSPS) is 11.6. The highest BCUT2D eigenvalue weighted by Gasteiger charge is 2.35. The summed E-state index contributed by atoms with van der Waals surface area (Å²) in [5.41, 5.74) is 1.58. The average molecular weight is 274 g/mol. The third-order valence-electron chi connectivity index (χ3n) is 2.03. The monoisotopic (exact) mass is 274 g/mol. The predicted octanol–water partition coefficient (Wildman–Crippen LogP) is 2.87. The maximum absolute atomic E-state index is 12.3. The Hall–Kier alpha value is -1.70. The van der Waals surface area contributed by atoms with Gasteiger partial charge in [-0.05, 0) is 19.1 Å². The van der Waals surface area contributed by atoms with Crippen molar-refractivity contribution < 1.29 is 13.2 Å². The first-order valence-electron chi connectivity index (χ1n) is 5.02. The Morgan fingerprint density at radius 3 is 2.67 bits per heavy atom. The number of halogens is 3. The fourth-order valence-electron chi connectivity index (χ4n) is 1.27. The standard InChI is InChI=1S/C10H9F3N4S/c1-6-3-2-4-7(15-6)5-14-9-17-16-8(18-9)10(11,12)13/h2-4H,5H2,1H3,(H,14,17). The SMILES string of the molecule is Cc1cccc(CNc2nnc(C(F)(F)F)s2)n1. The number of aromatic nitrogens is 3. The van der Waals surface area contributed by atoms with Crippen molar-refractivity contribution in [3.63, 3.8) is 0 Å². The number of pyridine rings is 1. The van der Waals surface area contributed by atoms with Gasteiger partial charge in [-0.2, -0.15) is 13.2 Å². The van der Waals surface area contributed by atoms with Crippen molar-refractivity contribution >= 4 is 16.5 Å². The average Bonchev–Trinajstić information content (AvgIpc) is 2.74. The summed E-state index contributed by atoms with van der Waals surface area (Å²) < 4.78 is 36.9. The van der Waals surface area contributed by atoms with Gasteiger partial charge in [0.05, 0.1) is 12.2 Å². The predicted molar refractivity (Wildman–Crippen MR) is 61.2 cm³/mol. The van der Waals surface area contributed by atoms with Gasteiger partial charge in [0.15, 0.2) is 0 Å². The van der Waals surface area contributed by atoms with E-state index in [1.165, 1.54) is 0 Å². The van der Waals surface area contributed by atoms with Crippen LogP contribution in [-0.4, -0.2) is 15.2 Å². The number of rotatable bonds is 3. The van der Waals surface area contributed by atoms with Gasteiger partial charge in [0, 0.05) is 5.69 Å². The van der Waals surface area contributed by atoms with E-state index in [2.05, 4.69) is 20.5 Å². The topological polar surface area (TPSA) is 50.7 Å². The van der Waals surface area contributed by atoms with Crippen molar-refractivity contribution in [1.29, 1.82) is 0 Å². The van der Waals surface area contributed by atoms with E-state index < -0.39 is 11.2 Å². The van der Waals surface area contributed by atoms with Gasteiger partial charge in [0.1, 0.15) is 0 Å². The summed E-state index contributed by atoms with van der Waals surface area (Å²) in [6.45, 7) is 2.16. The molecule has 0 aromatic carbocycles. The lowest BCUT2D eigenvalue weighted by molar-refractivity contribution is -0.138. The van der Waals surface area contributed by atoms with E-state index in [9.17, 15) is 13.2 Å². The molecule has 0 aliphatic rings. The van der Waals surface area contributed by atoms with Crippen LogP contribution in [0, 0.1) is 6.92 Å². The highest BCUT2D eigenvalue weighted by Crippen LogP contribution is 2.32. The molecule has 0 saturated carbocycles. The molecule has 2 rings (SSSR count). The van der Waals surface area contributed by atoms with E-state index in [4.69, 9.17) is 0 Å². The van der Waals surface area contributed by atoms with Crippen LogP contribution in [0.2, 0.25) is 0 Å². The number of nitrogens with one attached hydrogen (secondary N) is 1.